The van der Waals surface area contributed by atoms with Crippen LogP contribution in [-0.2, 0) is 11.2 Å². The van der Waals surface area contributed by atoms with Gasteiger partial charge in [-0.15, -0.1) is 11.3 Å². The van der Waals surface area contributed by atoms with Crippen LogP contribution in [0.1, 0.15) is 45.7 Å². The van der Waals surface area contributed by atoms with E-state index in [9.17, 15) is 9.59 Å². The van der Waals surface area contributed by atoms with Crippen LogP contribution in [0.5, 0.6) is 0 Å². The van der Waals surface area contributed by atoms with Gasteiger partial charge in [-0.05, 0) is 47.5 Å². The Bertz CT molecular complexity index is 1000. The molecule has 4 nitrogen and oxygen atoms in total. The van der Waals surface area contributed by atoms with Gasteiger partial charge >= 0.3 is 0 Å². The van der Waals surface area contributed by atoms with E-state index in [0.29, 0.717) is 18.7 Å². The Labute approximate surface area is 181 Å². The van der Waals surface area contributed by atoms with Crippen LogP contribution in [0, 0.1) is 0 Å². The summed E-state index contributed by atoms with van der Waals surface area (Å²) in [4.78, 5) is 31.5. The molecule has 0 radical (unpaired) electrons. The van der Waals surface area contributed by atoms with Crippen molar-refractivity contribution in [2.24, 2.45) is 0 Å². The summed E-state index contributed by atoms with van der Waals surface area (Å²) < 4.78 is 0. The van der Waals surface area contributed by atoms with E-state index < -0.39 is 0 Å². The van der Waals surface area contributed by atoms with Gasteiger partial charge in [0.2, 0.25) is 5.91 Å². The normalized spacial score (nSPS) is 15.5. The van der Waals surface area contributed by atoms with E-state index in [2.05, 4.69) is 23.6 Å². The fourth-order valence-electron chi connectivity index (χ4n) is 4.12. The van der Waals surface area contributed by atoms with Crippen LogP contribution >= 0.6 is 11.3 Å². The van der Waals surface area contributed by atoms with Gasteiger partial charge in [-0.3, -0.25) is 9.59 Å². The van der Waals surface area contributed by atoms with E-state index in [1.54, 1.807) is 28.4 Å². The molecule has 0 aliphatic carbocycles. The molecule has 1 aliphatic rings. The summed E-state index contributed by atoms with van der Waals surface area (Å²) >= 11 is 1.76. The van der Waals surface area contributed by atoms with Crippen LogP contribution in [0.4, 0.5) is 0 Å². The van der Waals surface area contributed by atoms with Gasteiger partial charge in [-0.2, -0.15) is 0 Å². The van der Waals surface area contributed by atoms with Gasteiger partial charge in [0.25, 0.3) is 5.91 Å². The number of nitrogens with zero attached hydrogens (tertiary/aromatic N) is 2. The maximum absolute atomic E-state index is 13.5. The van der Waals surface area contributed by atoms with E-state index in [1.165, 1.54) is 10.4 Å². The monoisotopic (exact) mass is 418 g/mol. The minimum Gasteiger partial charge on any atom is -0.330 e. The van der Waals surface area contributed by atoms with Crippen molar-refractivity contribution in [3.8, 4) is 0 Å². The molecule has 2 heterocycles. The average molecular weight is 419 g/mol. The van der Waals surface area contributed by atoms with Crippen molar-refractivity contribution < 1.29 is 9.59 Å². The zero-order valence-corrected chi connectivity index (χ0v) is 18.0. The summed E-state index contributed by atoms with van der Waals surface area (Å²) in [7, 11) is 0. The summed E-state index contributed by atoms with van der Waals surface area (Å²) in [6.45, 7) is 3.36. The SMILES string of the molecule is CCCN(CC(=O)N1CCc2sccc2[C@H]1c1ccccc1)C(=O)c1ccccc1. The number of amides is 2. The van der Waals surface area contributed by atoms with E-state index in [-0.39, 0.29) is 24.4 Å². The van der Waals surface area contributed by atoms with Crippen LogP contribution in [0.25, 0.3) is 0 Å². The molecule has 0 saturated carbocycles. The molecule has 1 aliphatic heterocycles. The average Bonchev–Trinajstić information content (AvgIpc) is 3.27. The smallest absolute Gasteiger partial charge is 0.254 e. The molecule has 154 valence electrons. The van der Waals surface area contributed by atoms with Gasteiger partial charge in [-0.25, -0.2) is 0 Å². The predicted octanol–water partition coefficient (Wildman–Crippen LogP) is 4.77. The highest BCUT2D eigenvalue weighted by Gasteiger charge is 2.33. The molecule has 5 heteroatoms. The van der Waals surface area contributed by atoms with Gasteiger partial charge in [0.05, 0.1) is 6.04 Å². The second kappa shape index (κ2) is 9.26. The predicted molar refractivity (Wildman–Crippen MR) is 121 cm³/mol. The summed E-state index contributed by atoms with van der Waals surface area (Å²) in [6.07, 6.45) is 1.67. The second-order valence-electron chi connectivity index (χ2n) is 7.54. The van der Waals surface area contributed by atoms with Gasteiger partial charge in [0.15, 0.2) is 0 Å². The molecule has 0 spiro atoms. The minimum absolute atomic E-state index is 0.00145. The molecule has 0 N–H and O–H groups in total. The molecule has 30 heavy (non-hydrogen) atoms. The molecular weight excluding hydrogens is 392 g/mol. The maximum Gasteiger partial charge on any atom is 0.254 e. The number of thiophene rings is 1. The Morgan fingerprint density at radius 1 is 1.03 bits per heavy atom. The molecule has 2 aromatic carbocycles. The lowest BCUT2D eigenvalue weighted by Gasteiger charge is -2.37. The molecule has 2 amide bonds. The van der Waals surface area contributed by atoms with E-state index in [4.69, 9.17) is 0 Å². The second-order valence-corrected chi connectivity index (χ2v) is 8.54. The lowest BCUT2D eigenvalue weighted by molar-refractivity contribution is -0.134. The van der Waals surface area contributed by atoms with Crippen LogP contribution in [0.3, 0.4) is 0 Å². The number of carbonyl (C=O) groups excluding carboxylic acids is 2. The standard InChI is InChI=1S/C25H26N2O2S/c1-2-15-26(25(29)20-11-7-4-8-12-20)18-23(28)27-16-13-22-21(14-17-30-22)24(27)19-9-5-3-6-10-19/h3-12,14,17,24H,2,13,15-16,18H2,1H3/t24-/m1/s1. The van der Waals surface area contributed by atoms with Crippen molar-refractivity contribution in [3.05, 3.63) is 93.7 Å². The molecule has 0 saturated heterocycles. The largest absolute Gasteiger partial charge is 0.330 e. The van der Waals surface area contributed by atoms with Crippen molar-refractivity contribution in [2.45, 2.75) is 25.8 Å². The first-order valence-electron chi connectivity index (χ1n) is 10.4. The number of hydrogen-bond donors (Lipinski definition) is 0. The number of carbonyl (C=O) groups is 2. The maximum atomic E-state index is 13.5. The third kappa shape index (κ3) is 4.17. The van der Waals surface area contributed by atoms with Crippen LogP contribution in [0.2, 0.25) is 0 Å². The van der Waals surface area contributed by atoms with Crippen molar-refractivity contribution in [1.82, 2.24) is 9.80 Å². The van der Waals surface area contributed by atoms with Gasteiger partial charge in [-0.1, -0.05) is 55.5 Å². The Kier molecular flexibility index (Phi) is 6.29. The van der Waals surface area contributed by atoms with Crippen LogP contribution in [0.15, 0.2) is 72.1 Å². The first-order chi connectivity index (χ1) is 14.7. The molecule has 0 bridgehead atoms. The van der Waals surface area contributed by atoms with Crippen LogP contribution in [-0.4, -0.2) is 41.2 Å². The molecule has 1 atom stereocenters. The highest BCUT2D eigenvalue weighted by Crippen LogP contribution is 2.37. The fourth-order valence-corrected chi connectivity index (χ4v) is 5.02. The molecule has 0 unspecified atom stereocenters. The molecule has 3 aromatic rings. The van der Waals surface area contributed by atoms with E-state index in [0.717, 1.165) is 18.4 Å². The Morgan fingerprint density at radius 2 is 1.73 bits per heavy atom. The zero-order valence-electron chi connectivity index (χ0n) is 17.2. The minimum atomic E-state index is -0.0935. The topological polar surface area (TPSA) is 40.6 Å². The molecule has 1 aromatic heterocycles. The van der Waals surface area contributed by atoms with E-state index in [1.807, 2.05) is 48.2 Å². The first kappa shape index (κ1) is 20.4. The summed E-state index contributed by atoms with van der Waals surface area (Å²) in [6, 6.07) is 21.4. The number of benzene rings is 2. The van der Waals surface area contributed by atoms with Crippen molar-refractivity contribution in [2.75, 3.05) is 19.6 Å². The van der Waals surface area contributed by atoms with Crippen molar-refractivity contribution in [3.63, 3.8) is 0 Å². The van der Waals surface area contributed by atoms with Gasteiger partial charge < -0.3 is 9.80 Å². The highest BCUT2D eigenvalue weighted by molar-refractivity contribution is 7.10. The van der Waals surface area contributed by atoms with Gasteiger partial charge in [0.1, 0.15) is 6.54 Å². The molecule has 4 rings (SSSR count). The van der Waals surface area contributed by atoms with Crippen molar-refractivity contribution in [1.29, 1.82) is 0 Å². The highest BCUT2D eigenvalue weighted by atomic mass is 32.1. The number of fused-ring (bicyclic) bond motifs is 1. The number of rotatable bonds is 6. The zero-order chi connectivity index (χ0) is 20.9. The van der Waals surface area contributed by atoms with Crippen LogP contribution < -0.4 is 0 Å². The summed E-state index contributed by atoms with van der Waals surface area (Å²) in [5.41, 5.74) is 2.95. The fraction of sp³-hybridized carbons (Fsp3) is 0.280. The Morgan fingerprint density at radius 3 is 2.43 bits per heavy atom. The third-order valence-electron chi connectivity index (χ3n) is 5.53. The Balaban J connectivity index is 1.60. The lowest BCUT2D eigenvalue weighted by atomic mass is 9.93. The summed E-state index contributed by atoms with van der Waals surface area (Å²) in [5.74, 6) is -0.0891. The molecule has 0 fully saturated rings. The molecular formula is C25H26N2O2S. The first-order valence-corrected chi connectivity index (χ1v) is 11.3. The summed E-state index contributed by atoms with van der Waals surface area (Å²) in [5, 5.41) is 2.11. The van der Waals surface area contributed by atoms with Gasteiger partial charge in [0, 0.05) is 23.5 Å². The Hall–Kier alpha value is -2.92. The lowest BCUT2D eigenvalue weighted by Crippen LogP contribution is -2.47. The van der Waals surface area contributed by atoms with Crippen molar-refractivity contribution >= 4 is 23.2 Å². The van der Waals surface area contributed by atoms with E-state index >= 15 is 0 Å². The third-order valence-corrected chi connectivity index (χ3v) is 6.53. The number of hydrogen-bond acceptors (Lipinski definition) is 3. The quantitative estimate of drug-likeness (QED) is 0.578.